The van der Waals surface area contributed by atoms with Crippen molar-refractivity contribution in [2.45, 2.75) is 39.3 Å². The van der Waals surface area contributed by atoms with Gasteiger partial charge in [0.05, 0.1) is 6.04 Å². The molecule has 0 saturated heterocycles. The Morgan fingerprint density at radius 2 is 1.55 bits per heavy atom. The van der Waals surface area contributed by atoms with Gasteiger partial charge in [-0.1, -0.05) is 55.0 Å². The fourth-order valence-electron chi connectivity index (χ4n) is 3.14. The summed E-state index contributed by atoms with van der Waals surface area (Å²) in [5, 5.41) is 5.85. The second-order valence-corrected chi connectivity index (χ2v) is 7.50. The Morgan fingerprint density at radius 1 is 0.903 bits per heavy atom. The lowest BCUT2D eigenvalue weighted by atomic mass is 10.1. The summed E-state index contributed by atoms with van der Waals surface area (Å²) in [5.74, 6) is 0.272. The Kier molecular flexibility index (Phi) is 7.44. The van der Waals surface area contributed by atoms with Crippen LogP contribution in [0.4, 0.5) is 5.69 Å². The number of anilines is 1. The van der Waals surface area contributed by atoms with Crippen molar-refractivity contribution < 1.29 is 14.3 Å². The van der Waals surface area contributed by atoms with Crippen LogP contribution in [0.15, 0.2) is 78.9 Å². The lowest BCUT2D eigenvalue weighted by Crippen LogP contribution is -2.32. The molecule has 0 radical (unpaired) electrons. The van der Waals surface area contributed by atoms with Crippen LogP contribution in [0.25, 0.3) is 0 Å². The Labute approximate surface area is 183 Å². The summed E-state index contributed by atoms with van der Waals surface area (Å²) in [7, 11) is 0. The molecule has 3 aromatic carbocycles. The van der Waals surface area contributed by atoms with Crippen molar-refractivity contribution in [3.8, 4) is 5.75 Å². The number of amides is 2. The topological polar surface area (TPSA) is 67.4 Å². The van der Waals surface area contributed by atoms with Gasteiger partial charge in [0.2, 0.25) is 0 Å². The molecule has 0 aliphatic rings. The third-order valence-corrected chi connectivity index (χ3v) is 5.02. The highest BCUT2D eigenvalue weighted by Gasteiger charge is 2.19. The molecule has 2 N–H and O–H groups in total. The van der Waals surface area contributed by atoms with Gasteiger partial charge in [-0.2, -0.15) is 0 Å². The van der Waals surface area contributed by atoms with Crippen LogP contribution in [-0.2, 0) is 4.79 Å². The number of ether oxygens (including phenoxy) is 1. The zero-order valence-electron chi connectivity index (χ0n) is 18.1. The molecule has 0 saturated carbocycles. The first-order chi connectivity index (χ1) is 15.0. The molecule has 5 heteroatoms. The molecule has 0 bridgehead atoms. The normalized spacial score (nSPS) is 12.5. The van der Waals surface area contributed by atoms with Crippen LogP contribution in [0.1, 0.15) is 47.8 Å². The third-order valence-electron chi connectivity index (χ3n) is 5.02. The maximum absolute atomic E-state index is 12.6. The summed E-state index contributed by atoms with van der Waals surface area (Å²) in [5.41, 5.74) is 3.32. The Bertz CT molecular complexity index is 999. The average Bonchev–Trinajstić information content (AvgIpc) is 2.79. The second kappa shape index (κ2) is 10.4. The molecule has 5 nitrogen and oxygen atoms in total. The van der Waals surface area contributed by atoms with Gasteiger partial charge < -0.3 is 15.4 Å². The maximum Gasteiger partial charge on any atom is 0.265 e. The van der Waals surface area contributed by atoms with E-state index in [2.05, 4.69) is 10.6 Å². The number of hydrogen-bond acceptors (Lipinski definition) is 3. The number of rotatable bonds is 8. The smallest absolute Gasteiger partial charge is 0.265 e. The van der Waals surface area contributed by atoms with Gasteiger partial charge in [0.15, 0.2) is 6.10 Å². The molecule has 31 heavy (non-hydrogen) atoms. The van der Waals surface area contributed by atoms with Crippen LogP contribution in [0.2, 0.25) is 0 Å². The van der Waals surface area contributed by atoms with E-state index in [-0.39, 0.29) is 17.9 Å². The van der Waals surface area contributed by atoms with E-state index in [0.29, 0.717) is 23.4 Å². The molecule has 0 heterocycles. The predicted octanol–water partition coefficient (Wildman–Crippen LogP) is 5.28. The average molecular weight is 417 g/mol. The number of nitrogens with one attached hydrogen (secondary N) is 2. The van der Waals surface area contributed by atoms with E-state index >= 15 is 0 Å². The van der Waals surface area contributed by atoms with Gasteiger partial charge in [0.25, 0.3) is 11.8 Å². The van der Waals surface area contributed by atoms with Crippen molar-refractivity contribution in [1.29, 1.82) is 0 Å². The van der Waals surface area contributed by atoms with Crippen LogP contribution in [0.5, 0.6) is 5.75 Å². The first-order valence-electron chi connectivity index (χ1n) is 10.5. The molecule has 0 spiro atoms. The zero-order chi connectivity index (χ0) is 22.2. The lowest BCUT2D eigenvalue weighted by molar-refractivity contribution is -0.122. The standard InChI is InChI=1S/C26H28N2O3/c1-4-24(31-23-16-10-18(2)11-17-23)26(30)28-22-14-12-21(13-15-22)25(29)27-19(3)20-8-6-5-7-9-20/h5-17,19,24H,4H2,1-3H3,(H,27,29)(H,28,30). The fourth-order valence-corrected chi connectivity index (χ4v) is 3.14. The SMILES string of the molecule is CCC(Oc1ccc(C)cc1)C(=O)Nc1ccc(C(=O)NC(C)c2ccccc2)cc1. The summed E-state index contributed by atoms with van der Waals surface area (Å²) in [6.45, 7) is 5.85. The number of hydrogen-bond donors (Lipinski definition) is 2. The Morgan fingerprint density at radius 3 is 2.16 bits per heavy atom. The quantitative estimate of drug-likeness (QED) is 0.525. The second-order valence-electron chi connectivity index (χ2n) is 7.50. The van der Waals surface area contributed by atoms with Gasteiger partial charge in [0.1, 0.15) is 5.75 Å². The van der Waals surface area contributed by atoms with Crippen molar-refractivity contribution in [3.05, 3.63) is 95.6 Å². The van der Waals surface area contributed by atoms with Crippen LogP contribution < -0.4 is 15.4 Å². The number of carbonyl (C=O) groups is 2. The molecular weight excluding hydrogens is 388 g/mol. The van der Waals surface area contributed by atoms with Crippen molar-refractivity contribution >= 4 is 17.5 Å². The predicted molar refractivity (Wildman–Crippen MR) is 123 cm³/mol. The van der Waals surface area contributed by atoms with Gasteiger partial charge >= 0.3 is 0 Å². The monoisotopic (exact) mass is 416 g/mol. The van der Waals surface area contributed by atoms with E-state index < -0.39 is 6.10 Å². The van der Waals surface area contributed by atoms with Crippen LogP contribution >= 0.6 is 0 Å². The minimum absolute atomic E-state index is 0.0997. The van der Waals surface area contributed by atoms with Gasteiger partial charge in [-0.25, -0.2) is 0 Å². The van der Waals surface area contributed by atoms with Crippen molar-refractivity contribution in [2.75, 3.05) is 5.32 Å². The molecule has 160 valence electrons. The highest BCUT2D eigenvalue weighted by Crippen LogP contribution is 2.17. The molecule has 2 unspecified atom stereocenters. The molecule has 2 amide bonds. The van der Waals surface area contributed by atoms with E-state index in [4.69, 9.17) is 4.74 Å². The Balaban J connectivity index is 1.58. The van der Waals surface area contributed by atoms with Crippen LogP contribution in [0.3, 0.4) is 0 Å². The van der Waals surface area contributed by atoms with E-state index in [0.717, 1.165) is 11.1 Å². The molecule has 2 atom stereocenters. The summed E-state index contributed by atoms with van der Waals surface area (Å²) in [4.78, 5) is 25.1. The molecular formula is C26H28N2O3. The number of benzene rings is 3. The molecule has 0 aliphatic carbocycles. The summed E-state index contributed by atoms with van der Waals surface area (Å²) in [6.07, 6.45) is -0.0604. The molecule has 0 aliphatic heterocycles. The third kappa shape index (κ3) is 6.19. The van der Waals surface area contributed by atoms with Gasteiger partial charge in [-0.3, -0.25) is 9.59 Å². The maximum atomic E-state index is 12.6. The summed E-state index contributed by atoms with van der Waals surface area (Å²) < 4.78 is 5.82. The highest BCUT2D eigenvalue weighted by atomic mass is 16.5. The lowest BCUT2D eigenvalue weighted by Gasteiger charge is -2.18. The van der Waals surface area contributed by atoms with Crippen molar-refractivity contribution in [3.63, 3.8) is 0 Å². The van der Waals surface area contributed by atoms with Crippen molar-refractivity contribution in [2.24, 2.45) is 0 Å². The van der Waals surface area contributed by atoms with Crippen molar-refractivity contribution in [1.82, 2.24) is 5.32 Å². The number of carbonyl (C=O) groups excluding carboxylic acids is 2. The first kappa shape index (κ1) is 22.1. The van der Waals surface area contributed by atoms with E-state index in [1.54, 1.807) is 24.3 Å². The van der Waals surface area contributed by atoms with Gasteiger partial charge in [-0.05, 0) is 62.2 Å². The molecule has 3 aromatic rings. The Hall–Kier alpha value is -3.60. The minimum atomic E-state index is -0.600. The summed E-state index contributed by atoms with van der Waals surface area (Å²) in [6, 6.07) is 24.1. The fraction of sp³-hybridized carbons (Fsp3) is 0.231. The van der Waals surface area contributed by atoms with Gasteiger partial charge in [-0.15, -0.1) is 0 Å². The molecule has 0 fully saturated rings. The van der Waals surface area contributed by atoms with Gasteiger partial charge in [0, 0.05) is 11.3 Å². The molecule has 3 rings (SSSR count). The number of aryl methyl sites for hydroxylation is 1. The largest absolute Gasteiger partial charge is 0.481 e. The van der Waals surface area contributed by atoms with E-state index in [1.165, 1.54) is 0 Å². The van der Waals surface area contributed by atoms with E-state index in [9.17, 15) is 9.59 Å². The first-order valence-corrected chi connectivity index (χ1v) is 10.5. The van der Waals surface area contributed by atoms with E-state index in [1.807, 2.05) is 75.4 Å². The van der Waals surface area contributed by atoms with Crippen LogP contribution in [-0.4, -0.2) is 17.9 Å². The zero-order valence-corrected chi connectivity index (χ0v) is 18.1. The molecule has 0 aromatic heterocycles. The minimum Gasteiger partial charge on any atom is -0.481 e. The summed E-state index contributed by atoms with van der Waals surface area (Å²) >= 11 is 0. The van der Waals surface area contributed by atoms with Crippen LogP contribution in [0, 0.1) is 6.92 Å². The highest BCUT2D eigenvalue weighted by molar-refractivity contribution is 5.97.